The van der Waals surface area contributed by atoms with E-state index in [0.29, 0.717) is 29.4 Å². The Morgan fingerprint density at radius 1 is 1.25 bits per heavy atom. The molecule has 7 heteroatoms. The van der Waals surface area contributed by atoms with Crippen molar-refractivity contribution >= 4 is 22.4 Å². The van der Waals surface area contributed by atoms with Crippen molar-refractivity contribution in [3.05, 3.63) is 11.4 Å². The molecular weight excluding hydrogens is 250 g/mol. The summed E-state index contributed by atoms with van der Waals surface area (Å²) >= 11 is 0. The Balaban J connectivity index is 0.00000225. The molecule has 1 rings (SSSR count). The predicted octanol–water partition coefficient (Wildman–Crippen LogP) is 1.48. The van der Waals surface area contributed by atoms with Crippen molar-refractivity contribution in [3.8, 4) is 0 Å². The van der Waals surface area contributed by atoms with Gasteiger partial charge in [-0.15, -0.1) is 12.4 Å². The summed E-state index contributed by atoms with van der Waals surface area (Å²) in [4.78, 5) is 0.311. The second-order valence-electron chi connectivity index (χ2n) is 3.35. The number of sulfonamides is 1. The van der Waals surface area contributed by atoms with E-state index >= 15 is 0 Å². The van der Waals surface area contributed by atoms with Crippen LogP contribution in [0.1, 0.15) is 25.2 Å². The smallest absolute Gasteiger partial charge is 0.246 e. The number of nitrogens with zero attached hydrogens (tertiary/aromatic N) is 2. The largest absolute Gasteiger partial charge is 0.281 e. The molecule has 0 aliphatic rings. The third kappa shape index (κ3) is 2.56. The topological polar surface area (TPSA) is 66.1 Å². The summed E-state index contributed by atoms with van der Waals surface area (Å²) in [6.45, 7) is 8.01. The minimum atomic E-state index is -3.38. The van der Waals surface area contributed by atoms with Crippen molar-refractivity contribution in [2.45, 2.75) is 32.6 Å². The summed E-state index contributed by atoms with van der Waals surface area (Å²) in [5.74, 6) is 0. The fraction of sp³-hybridized carbons (Fsp3) is 0.667. The van der Waals surface area contributed by atoms with Crippen LogP contribution in [0.5, 0.6) is 0 Å². The maximum absolute atomic E-state index is 12.2. The second-order valence-corrected chi connectivity index (χ2v) is 5.23. The lowest BCUT2D eigenvalue weighted by Gasteiger charge is -2.18. The first-order chi connectivity index (χ1) is 6.95. The molecule has 1 aromatic rings. The lowest BCUT2D eigenvalue weighted by Crippen LogP contribution is -2.31. The predicted molar refractivity (Wildman–Crippen MR) is 65.4 cm³/mol. The van der Waals surface area contributed by atoms with Gasteiger partial charge in [0.15, 0.2) is 0 Å². The van der Waals surface area contributed by atoms with Crippen LogP contribution in [-0.4, -0.2) is 36.0 Å². The normalized spacial score (nSPS) is 11.6. The fourth-order valence-electron chi connectivity index (χ4n) is 1.61. The Bertz CT molecular complexity index is 418. The Hall–Kier alpha value is -0.590. The van der Waals surface area contributed by atoms with Gasteiger partial charge in [-0.1, -0.05) is 13.8 Å². The molecule has 0 spiro atoms. The lowest BCUT2D eigenvalue weighted by atomic mass is 10.4. The molecule has 0 fully saturated rings. The van der Waals surface area contributed by atoms with Gasteiger partial charge in [0.25, 0.3) is 0 Å². The zero-order valence-corrected chi connectivity index (χ0v) is 11.6. The van der Waals surface area contributed by atoms with E-state index in [4.69, 9.17) is 0 Å². The molecule has 0 unspecified atom stereocenters. The monoisotopic (exact) mass is 267 g/mol. The molecule has 0 atom stereocenters. The maximum Gasteiger partial charge on any atom is 0.246 e. The average Bonchev–Trinajstić information content (AvgIpc) is 2.48. The zero-order chi connectivity index (χ0) is 11.6. The van der Waals surface area contributed by atoms with E-state index in [1.54, 1.807) is 13.8 Å². The molecule has 0 radical (unpaired) electrons. The molecule has 0 aromatic carbocycles. The number of nitrogens with one attached hydrogen (secondary N) is 1. The van der Waals surface area contributed by atoms with Crippen molar-refractivity contribution in [3.63, 3.8) is 0 Å². The summed E-state index contributed by atoms with van der Waals surface area (Å²) < 4.78 is 25.8. The van der Waals surface area contributed by atoms with Gasteiger partial charge in [0.05, 0.1) is 11.4 Å². The molecule has 0 saturated heterocycles. The SMILES string of the molecule is CCN(CC)S(=O)(=O)c1c(C)n[nH]c1C.Cl. The first-order valence-corrected chi connectivity index (χ1v) is 6.40. The Kier molecular flexibility index (Phi) is 5.44. The van der Waals surface area contributed by atoms with Crippen LogP contribution in [0.15, 0.2) is 4.90 Å². The van der Waals surface area contributed by atoms with E-state index in [1.807, 2.05) is 13.8 Å². The van der Waals surface area contributed by atoms with Gasteiger partial charge in [-0.25, -0.2) is 8.42 Å². The highest BCUT2D eigenvalue weighted by atomic mass is 35.5. The van der Waals surface area contributed by atoms with Crippen molar-refractivity contribution in [1.82, 2.24) is 14.5 Å². The molecule has 94 valence electrons. The van der Waals surface area contributed by atoms with Gasteiger partial charge in [-0.2, -0.15) is 9.40 Å². The van der Waals surface area contributed by atoms with Gasteiger partial charge in [-0.05, 0) is 13.8 Å². The van der Waals surface area contributed by atoms with Gasteiger partial charge in [0, 0.05) is 13.1 Å². The third-order valence-corrected chi connectivity index (χ3v) is 4.68. The van der Waals surface area contributed by atoms with Crippen molar-refractivity contribution in [1.29, 1.82) is 0 Å². The Morgan fingerprint density at radius 3 is 2.06 bits per heavy atom. The van der Waals surface area contributed by atoms with E-state index in [2.05, 4.69) is 10.2 Å². The molecule has 0 aliphatic carbocycles. The van der Waals surface area contributed by atoms with E-state index in [9.17, 15) is 8.42 Å². The summed E-state index contributed by atoms with van der Waals surface area (Å²) in [5, 5.41) is 6.59. The van der Waals surface area contributed by atoms with Crippen LogP contribution in [-0.2, 0) is 10.0 Å². The van der Waals surface area contributed by atoms with Crippen LogP contribution in [0, 0.1) is 13.8 Å². The third-order valence-electron chi connectivity index (χ3n) is 2.36. The molecule has 1 N–H and O–H groups in total. The molecule has 16 heavy (non-hydrogen) atoms. The van der Waals surface area contributed by atoms with E-state index in [-0.39, 0.29) is 12.4 Å². The molecule has 0 bridgehead atoms. The fourth-order valence-corrected chi connectivity index (χ4v) is 3.40. The summed E-state index contributed by atoms with van der Waals surface area (Å²) in [5.41, 5.74) is 1.12. The minimum absolute atomic E-state index is 0. The number of rotatable bonds is 4. The number of hydrogen-bond donors (Lipinski definition) is 1. The number of aryl methyl sites for hydroxylation is 2. The van der Waals surface area contributed by atoms with Gasteiger partial charge in [0.1, 0.15) is 4.90 Å². The standard InChI is InChI=1S/C9H17N3O2S.ClH/c1-5-12(6-2)15(13,14)9-7(3)10-11-8(9)4;/h5-6H2,1-4H3,(H,10,11);1H. The van der Waals surface area contributed by atoms with Crippen LogP contribution in [0.3, 0.4) is 0 Å². The summed E-state index contributed by atoms with van der Waals surface area (Å²) in [6, 6.07) is 0. The van der Waals surface area contributed by atoms with E-state index < -0.39 is 10.0 Å². The van der Waals surface area contributed by atoms with Crippen molar-refractivity contribution in [2.24, 2.45) is 0 Å². The van der Waals surface area contributed by atoms with Crippen LogP contribution >= 0.6 is 12.4 Å². The molecule has 0 saturated carbocycles. The van der Waals surface area contributed by atoms with Crippen LogP contribution < -0.4 is 0 Å². The molecule has 5 nitrogen and oxygen atoms in total. The van der Waals surface area contributed by atoms with Crippen LogP contribution in [0.25, 0.3) is 0 Å². The first kappa shape index (κ1) is 15.4. The van der Waals surface area contributed by atoms with Gasteiger partial charge in [0.2, 0.25) is 10.0 Å². The second kappa shape index (κ2) is 5.65. The van der Waals surface area contributed by atoms with Crippen LogP contribution in [0.2, 0.25) is 0 Å². The highest BCUT2D eigenvalue weighted by Gasteiger charge is 2.27. The highest BCUT2D eigenvalue weighted by Crippen LogP contribution is 2.20. The van der Waals surface area contributed by atoms with Crippen molar-refractivity contribution < 1.29 is 8.42 Å². The summed E-state index contributed by atoms with van der Waals surface area (Å²) in [6.07, 6.45) is 0. The number of H-pyrrole nitrogens is 1. The van der Waals surface area contributed by atoms with Gasteiger partial charge < -0.3 is 0 Å². The number of halogens is 1. The van der Waals surface area contributed by atoms with E-state index in [1.165, 1.54) is 4.31 Å². The number of aromatic nitrogens is 2. The quantitative estimate of drug-likeness (QED) is 0.899. The Labute approximate surface area is 103 Å². The minimum Gasteiger partial charge on any atom is -0.281 e. The molecular formula is C9H18ClN3O2S. The highest BCUT2D eigenvalue weighted by molar-refractivity contribution is 7.89. The van der Waals surface area contributed by atoms with Crippen LogP contribution in [0.4, 0.5) is 0 Å². The number of aromatic amines is 1. The molecule has 1 heterocycles. The molecule has 0 aliphatic heterocycles. The zero-order valence-electron chi connectivity index (χ0n) is 9.94. The Morgan fingerprint density at radius 2 is 1.75 bits per heavy atom. The van der Waals surface area contributed by atoms with Gasteiger partial charge in [-0.3, -0.25) is 5.10 Å². The molecule has 1 aromatic heterocycles. The average molecular weight is 268 g/mol. The lowest BCUT2D eigenvalue weighted by molar-refractivity contribution is 0.444. The summed E-state index contributed by atoms with van der Waals surface area (Å²) in [7, 11) is -3.38. The number of hydrogen-bond acceptors (Lipinski definition) is 3. The molecule has 0 amide bonds. The van der Waals surface area contributed by atoms with Gasteiger partial charge >= 0.3 is 0 Å². The maximum atomic E-state index is 12.2. The first-order valence-electron chi connectivity index (χ1n) is 4.96. The van der Waals surface area contributed by atoms with E-state index in [0.717, 1.165) is 0 Å². The van der Waals surface area contributed by atoms with Crippen molar-refractivity contribution in [2.75, 3.05) is 13.1 Å².